The topological polar surface area (TPSA) is 61.4 Å². The molecule has 26 heavy (non-hydrogen) atoms. The fraction of sp³-hybridized carbons (Fsp3) is 0.450. The summed E-state index contributed by atoms with van der Waals surface area (Å²) in [5, 5.41) is 3.11. The number of hydrogen-bond acceptors (Lipinski definition) is 5. The fourth-order valence-corrected chi connectivity index (χ4v) is 3.28. The molecule has 0 unspecified atom stereocenters. The second kappa shape index (κ2) is 8.27. The Morgan fingerprint density at radius 1 is 1.00 bits per heavy atom. The van der Waals surface area contributed by atoms with Gasteiger partial charge in [0.25, 0.3) is 0 Å². The van der Waals surface area contributed by atoms with Crippen molar-refractivity contribution in [1.82, 2.24) is 14.9 Å². The van der Waals surface area contributed by atoms with Crippen LogP contribution in [0, 0.1) is 0 Å². The predicted molar refractivity (Wildman–Crippen MR) is 104 cm³/mol. The minimum Gasteiger partial charge on any atom is -0.338 e. The molecule has 1 N–H and O–H groups in total. The first-order valence-electron chi connectivity index (χ1n) is 9.22. The highest BCUT2D eigenvalue weighted by Crippen LogP contribution is 2.24. The van der Waals surface area contributed by atoms with Crippen molar-refractivity contribution in [3.63, 3.8) is 0 Å². The zero-order chi connectivity index (χ0) is 18.5. The number of hydrogen-bond donors (Lipinski definition) is 1. The number of benzene rings is 1. The van der Waals surface area contributed by atoms with Gasteiger partial charge in [-0.15, -0.1) is 0 Å². The van der Waals surface area contributed by atoms with E-state index in [1.807, 2.05) is 31.2 Å². The van der Waals surface area contributed by atoms with Crippen LogP contribution in [0.3, 0.4) is 0 Å². The van der Waals surface area contributed by atoms with Crippen LogP contribution in [0.2, 0.25) is 0 Å². The van der Waals surface area contributed by atoms with Crippen LogP contribution in [0.1, 0.15) is 32.3 Å². The second-order valence-electron chi connectivity index (χ2n) is 6.98. The summed E-state index contributed by atoms with van der Waals surface area (Å²) in [7, 11) is 0. The monoisotopic (exact) mass is 353 g/mol. The van der Waals surface area contributed by atoms with E-state index in [9.17, 15) is 4.79 Å². The van der Waals surface area contributed by atoms with E-state index in [4.69, 9.17) is 0 Å². The highest BCUT2D eigenvalue weighted by Gasteiger charge is 2.26. The van der Waals surface area contributed by atoms with Gasteiger partial charge in [-0.2, -0.15) is 0 Å². The number of carbonyl (C=O) groups excluding carboxylic acids is 1. The number of amides is 1. The predicted octanol–water partition coefficient (Wildman–Crippen LogP) is 2.75. The number of para-hydroxylation sites is 1. The van der Waals surface area contributed by atoms with E-state index in [1.165, 1.54) is 5.56 Å². The van der Waals surface area contributed by atoms with E-state index in [1.54, 1.807) is 12.4 Å². The van der Waals surface area contributed by atoms with Crippen molar-refractivity contribution in [3.8, 4) is 0 Å². The summed E-state index contributed by atoms with van der Waals surface area (Å²) < 4.78 is 0. The highest BCUT2D eigenvalue weighted by atomic mass is 16.2. The van der Waals surface area contributed by atoms with Gasteiger partial charge in [-0.1, -0.05) is 32.0 Å². The third kappa shape index (κ3) is 4.19. The lowest BCUT2D eigenvalue weighted by Crippen LogP contribution is -2.53. The first-order valence-corrected chi connectivity index (χ1v) is 9.22. The Labute approximate surface area is 155 Å². The number of piperazine rings is 1. The maximum Gasteiger partial charge on any atom is 0.241 e. The number of rotatable bonds is 5. The number of nitrogens with one attached hydrogen (secondary N) is 1. The number of carbonyl (C=O) groups is 1. The van der Waals surface area contributed by atoms with Crippen molar-refractivity contribution in [1.29, 1.82) is 0 Å². The van der Waals surface area contributed by atoms with E-state index >= 15 is 0 Å². The Morgan fingerprint density at radius 3 is 2.31 bits per heavy atom. The molecule has 1 fully saturated rings. The summed E-state index contributed by atoms with van der Waals surface area (Å²) in [6, 6.07) is 9.67. The molecule has 0 saturated carbocycles. The van der Waals surface area contributed by atoms with E-state index in [-0.39, 0.29) is 11.9 Å². The molecule has 6 nitrogen and oxygen atoms in total. The van der Waals surface area contributed by atoms with Gasteiger partial charge < -0.3 is 10.2 Å². The standard InChI is InChI=1S/C20H27N5O/c1-15(2)17-7-4-5-8-18(17)23-19(26)16(3)24-11-13-25(14-12-24)20-21-9-6-10-22-20/h4-10,15-16H,11-14H2,1-3H3,(H,23,26)/t16-/m1/s1. The summed E-state index contributed by atoms with van der Waals surface area (Å²) in [4.78, 5) is 25.7. The minimum atomic E-state index is -0.172. The van der Waals surface area contributed by atoms with Gasteiger partial charge in [0.15, 0.2) is 0 Å². The summed E-state index contributed by atoms with van der Waals surface area (Å²) in [5.41, 5.74) is 2.08. The van der Waals surface area contributed by atoms with Crippen molar-refractivity contribution in [2.75, 3.05) is 36.4 Å². The highest BCUT2D eigenvalue weighted by molar-refractivity contribution is 5.95. The molecule has 1 aliphatic heterocycles. The van der Waals surface area contributed by atoms with Crippen LogP contribution in [-0.2, 0) is 4.79 Å². The fourth-order valence-electron chi connectivity index (χ4n) is 3.28. The van der Waals surface area contributed by atoms with Crippen LogP contribution < -0.4 is 10.2 Å². The molecule has 0 radical (unpaired) electrons. The average molecular weight is 353 g/mol. The molecule has 2 aromatic rings. The van der Waals surface area contributed by atoms with Gasteiger partial charge in [-0.05, 0) is 30.5 Å². The number of aromatic nitrogens is 2. The SMILES string of the molecule is CC(C)c1ccccc1NC(=O)[C@@H](C)N1CCN(c2ncccn2)CC1. The minimum absolute atomic E-state index is 0.0440. The largest absolute Gasteiger partial charge is 0.338 e. The zero-order valence-corrected chi connectivity index (χ0v) is 15.7. The molecular formula is C20H27N5O. The molecule has 1 aliphatic rings. The Morgan fingerprint density at radius 2 is 1.65 bits per heavy atom. The van der Waals surface area contributed by atoms with Crippen molar-refractivity contribution < 1.29 is 4.79 Å². The van der Waals surface area contributed by atoms with Crippen molar-refractivity contribution in [2.24, 2.45) is 0 Å². The first kappa shape index (κ1) is 18.3. The van der Waals surface area contributed by atoms with Gasteiger partial charge in [0.1, 0.15) is 0 Å². The van der Waals surface area contributed by atoms with Crippen LogP contribution in [0.25, 0.3) is 0 Å². The average Bonchev–Trinajstić information content (AvgIpc) is 2.68. The van der Waals surface area contributed by atoms with E-state index in [2.05, 4.69) is 45.0 Å². The van der Waals surface area contributed by atoms with Gasteiger partial charge in [0, 0.05) is 44.3 Å². The normalized spacial score (nSPS) is 16.5. The lowest BCUT2D eigenvalue weighted by Gasteiger charge is -2.37. The molecule has 1 atom stereocenters. The van der Waals surface area contributed by atoms with Crippen LogP contribution in [0.4, 0.5) is 11.6 Å². The third-order valence-electron chi connectivity index (χ3n) is 4.92. The van der Waals surface area contributed by atoms with E-state index in [0.29, 0.717) is 5.92 Å². The molecule has 0 spiro atoms. The molecule has 1 saturated heterocycles. The van der Waals surface area contributed by atoms with Crippen LogP contribution in [-0.4, -0.2) is 53.0 Å². The Bertz CT molecular complexity index is 726. The quantitative estimate of drug-likeness (QED) is 0.896. The molecule has 1 amide bonds. The van der Waals surface area contributed by atoms with Crippen LogP contribution >= 0.6 is 0 Å². The maximum atomic E-state index is 12.7. The number of nitrogens with zero attached hydrogens (tertiary/aromatic N) is 4. The Hall–Kier alpha value is -2.47. The molecule has 0 aliphatic carbocycles. The molecule has 3 rings (SSSR count). The smallest absolute Gasteiger partial charge is 0.241 e. The second-order valence-corrected chi connectivity index (χ2v) is 6.98. The lowest BCUT2D eigenvalue weighted by atomic mass is 10.0. The molecule has 138 valence electrons. The molecular weight excluding hydrogens is 326 g/mol. The lowest BCUT2D eigenvalue weighted by molar-refractivity contribution is -0.120. The number of anilines is 2. The van der Waals surface area contributed by atoms with Gasteiger partial charge >= 0.3 is 0 Å². The van der Waals surface area contributed by atoms with Gasteiger partial charge in [0.05, 0.1) is 6.04 Å². The maximum absolute atomic E-state index is 12.7. The van der Waals surface area contributed by atoms with E-state index in [0.717, 1.165) is 37.8 Å². The molecule has 2 heterocycles. The van der Waals surface area contributed by atoms with Gasteiger partial charge in [-0.3, -0.25) is 9.69 Å². The van der Waals surface area contributed by atoms with Crippen LogP contribution in [0.15, 0.2) is 42.7 Å². The van der Waals surface area contributed by atoms with Crippen molar-refractivity contribution in [2.45, 2.75) is 32.7 Å². The Balaban J connectivity index is 1.58. The summed E-state index contributed by atoms with van der Waals surface area (Å²) >= 11 is 0. The molecule has 1 aromatic carbocycles. The molecule has 6 heteroatoms. The Kier molecular flexibility index (Phi) is 5.83. The van der Waals surface area contributed by atoms with Crippen LogP contribution in [0.5, 0.6) is 0 Å². The summed E-state index contributed by atoms with van der Waals surface area (Å²) in [6.07, 6.45) is 3.52. The summed E-state index contributed by atoms with van der Waals surface area (Å²) in [5.74, 6) is 1.17. The molecule has 1 aromatic heterocycles. The zero-order valence-electron chi connectivity index (χ0n) is 15.7. The van der Waals surface area contributed by atoms with Gasteiger partial charge in [0.2, 0.25) is 11.9 Å². The van der Waals surface area contributed by atoms with Crippen molar-refractivity contribution in [3.05, 3.63) is 48.3 Å². The molecule has 0 bridgehead atoms. The van der Waals surface area contributed by atoms with Crippen molar-refractivity contribution >= 4 is 17.5 Å². The van der Waals surface area contributed by atoms with E-state index < -0.39 is 0 Å². The summed E-state index contributed by atoms with van der Waals surface area (Å²) in [6.45, 7) is 9.53. The third-order valence-corrected chi connectivity index (χ3v) is 4.92. The van der Waals surface area contributed by atoms with Gasteiger partial charge in [-0.25, -0.2) is 9.97 Å². The first-order chi connectivity index (χ1) is 12.6.